The fourth-order valence-electron chi connectivity index (χ4n) is 2.34. The van der Waals surface area contributed by atoms with Crippen molar-refractivity contribution in [1.82, 2.24) is 15.3 Å². The standard InChI is InChI=1S/C13H18N4OS/c1-9-15-12(17-3-5-18-6-4-17)11-7-10(8-14-2)19-13(11)16-9/h7,14H,3-6,8H2,1-2H3. The molecule has 1 saturated heterocycles. The molecule has 0 radical (unpaired) electrons. The monoisotopic (exact) mass is 278 g/mol. The molecule has 0 aromatic carbocycles. The van der Waals surface area contributed by atoms with Crippen LogP contribution >= 0.6 is 11.3 Å². The highest BCUT2D eigenvalue weighted by molar-refractivity contribution is 7.18. The lowest BCUT2D eigenvalue weighted by Crippen LogP contribution is -2.37. The van der Waals surface area contributed by atoms with Crippen LogP contribution in [-0.2, 0) is 11.3 Å². The number of rotatable bonds is 3. The number of nitrogens with zero attached hydrogens (tertiary/aromatic N) is 3. The van der Waals surface area contributed by atoms with Gasteiger partial charge < -0.3 is 15.0 Å². The van der Waals surface area contributed by atoms with E-state index >= 15 is 0 Å². The van der Waals surface area contributed by atoms with Gasteiger partial charge >= 0.3 is 0 Å². The number of anilines is 1. The summed E-state index contributed by atoms with van der Waals surface area (Å²) in [5, 5.41) is 4.36. The number of ether oxygens (including phenoxy) is 1. The predicted molar refractivity (Wildman–Crippen MR) is 77.9 cm³/mol. The van der Waals surface area contributed by atoms with Crippen molar-refractivity contribution < 1.29 is 4.74 Å². The molecule has 0 bridgehead atoms. The summed E-state index contributed by atoms with van der Waals surface area (Å²) in [5.74, 6) is 1.90. The van der Waals surface area contributed by atoms with Gasteiger partial charge in [-0.1, -0.05) is 0 Å². The molecule has 0 aliphatic carbocycles. The summed E-state index contributed by atoms with van der Waals surface area (Å²) < 4.78 is 5.41. The lowest BCUT2D eigenvalue weighted by atomic mass is 10.3. The van der Waals surface area contributed by atoms with E-state index in [0.717, 1.165) is 49.3 Å². The summed E-state index contributed by atoms with van der Waals surface area (Å²) in [6, 6.07) is 2.21. The zero-order chi connectivity index (χ0) is 13.2. The zero-order valence-electron chi connectivity index (χ0n) is 11.3. The summed E-state index contributed by atoms with van der Waals surface area (Å²) in [6.45, 7) is 6.20. The molecule has 5 nitrogen and oxygen atoms in total. The van der Waals surface area contributed by atoms with E-state index < -0.39 is 0 Å². The SMILES string of the molecule is CNCc1cc2c(N3CCOCC3)nc(C)nc2s1. The Balaban J connectivity index is 2.05. The minimum atomic E-state index is 0.776. The predicted octanol–water partition coefficient (Wildman–Crippen LogP) is 1.56. The van der Waals surface area contributed by atoms with Crippen LogP contribution in [0, 0.1) is 6.92 Å². The fraction of sp³-hybridized carbons (Fsp3) is 0.538. The van der Waals surface area contributed by atoms with Gasteiger partial charge in [0.2, 0.25) is 0 Å². The van der Waals surface area contributed by atoms with Crippen molar-refractivity contribution in [2.24, 2.45) is 0 Å². The van der Waals surface area contributed by atoms with Gasteiger partial charge in [0, 0.05) is 24.5 Å². The van der Waals surface area contributed by atoms with Gasteiger partial charge in [0.05, 0.1) is 18.6 Å². The number of thiophene rings is 1. The third-order valence-corrected chi connectivity index (χ3v) is 4.23. The van der Waals surface area contributed by atoms with Crippen molar-refractivity contribution in [3.8, 4) is 0 Å². The molecule has 102 valence electrons. The minimum absolute atomic E-state index is 0.776. The highest BCUT2D eigenvalue weighted by atomic mass is 32.1. The van der Waals surface area contributed by atoms with Crippen LogP contribution in [0.1, 0.15) is 10.7 Å². The zero-order valence-corrected chi connectivity index (χ0v) is 12.1. The van der Waals surface area contributed by atoms with Crippen molar-refractivity contribution in [1.29, 1.82) is 0 Å². The molecule has 1 N–H and O–H groups in total. The number of hydrogen-bond donors (Lipinski definition) is 1. The van der Waals surface area contributed by atoms with Gasteiger partial charge in [0.15, 0.2) is 0 Å². The first kappa shape index (κ1) is 12.8. The van der Waals surface area contributed by atoms with Gasteiger partial charge in [-0.15, -0.1) is 11.3 Å². The van der Waals surface area contributed by atoms with Crippen LogP contribution in [0.4, 0.5) is 5.82 Å². The molecule has 6 heteroatoms. The van der Waals surface area contributed by atoms with E-state index in [4.69, 9.17) is 4.74 Å². The van der Waals surface area contributed by atoms with Crippen molar-refractivity contribution in [3.63, 3.8) is 0 Å². The average molecular weight is 278 g/mol. The van der Waals surface area contributed by atoms with E-state index in [9.17, 15) is 0 Å². The smallest absolute Gasteiger partial charge is 0.141 e. The number of aromatic nitrogens is 2. The lowest BCUT2D eigenvalue weighted by molar-refractivity contribution is 0.122. The van der Waals surface area contributed by atoms with E-state index in [0.29, 0.717) is 0 Å². The first-order valence-corrected chi connectivity index (χ1v) is 7.34. The summed E-state index contributed by atoms with van der Waals surface area (Å²) in [4.78, 5) is 13.9. The van der Waals surface area contributed by atoms with Crippen LogP contribution in [-0.4, -0.2) is 43.3 Å². The van der Waals surface area contributed by atoms with E-state index in [-0.39, 0.29) is 0 Å². The van der Waals surface area contributed by atoms with Gasteiger partial charge in [-0.3, -0.25) is 0 Å². The lowest BCUT2D eigenvalue weighted by Gasteiger charge is -2.28. The molecule has 0 amide bonds. The van der Waals surface area contributed by atoms with Crippen LogP contribution < -0.4 is 10.2 Å². The van der Waals surface area contributed by atoms with E-state index in [1.54, 1.807) is 11.3 Å². The molecule has 0 unspecified atom stereocenters. The summed E-state index contributed by atoms with van der Waals surface area (Å²) in [7, 11) is 1.96. The number of aryl methyl sites for hydroxylation is 1. The maximum Gasteiger partial charge on any atom is 0.141 e. The Morgan fingerprint density at radius 3 is 2.89 bits per heavy atom. The van der Waals surface area contributed by atoms with Crippen LogP contribution in [0.2, 0.25) is 0 Å². The molecular weight excluding hydrogens is 260 g/mol. The molecular formula is C13H18N4OS. The molecule has 1 aliphatic heterocycles. The fourth-order valence-corrected chi connectivity index (χ4v) is 3.42. The van der Waals surface area contributed by atoms with Crippen LogP contribution in [0.25, 0.3) is 10.2 Å². The highest BCUT2D eigenvalue weighted by Gasteiger charge is 2.18. The second-order valence-corrected chi connectivity index (χ2v) is 5.77. The van der Waals surface area contributed by atoms with Crippen LogP contribution in [0.3, 0.4) is 0 Å². The van der Waals surface area contributed by atoms with Crippen molar-refractivity contribution >= 4 is 27.4 Å². The number of fused-ring (bicyclic) bond motifs is 1. The Morgan fingerprint density at radius 2 is 2.16 bits per heavy atom. The van der Waals surface area contributed by atoms with Gasteiger partial charge in [0.25, 0.3) is 0 Å². The molecule has 3 rings (SSSR count). The number of nitrogens with one attached hydrogen (secondary N) is 1. The Hall–Kier alpha value is -1.24. The Kier molecular flexibility index (Phi) is 3.63. The molecule has 0 saturated carbocycles. The van der Waals surface area contributed by atoms with Crippen LogP contribution in [0.15, 0.2) is 6.07 Å². The number of morpholine rings is 1. The van der Waals surface area contributed by atoms with E-state index in [2.05, 4.69) is 26.3 Å². The summed E-state index contributed by atoms with van der Waals surface area (Å²) in [5.41, 5.74) is 0. The van der Waals surface area contributed by atoms with Gasteiger partial charge in [0.1, 0.15) is 16.5 Å². The minimum Gasteiger partial charge on any atom is -0.378 e. The summed E-state index contributed by atoms with van der Waals surface area (Å²) in [6.07, 6.45) is 0. The molecule has 2 aromatic heterocycles. The molecule has 3 heterocycles. The van der Waals surface area contributed by atoms with E-state index in [1.165, 1.54) is 10.3 Å². The van der Waals surface area contributed by atoms with Crippen molar-refractivity contribution in [2.75, 3.05) is 38.3 Å². The second-order valence-electron chi connectivity index (χ2n) is 4.66. The largest absolute Gasteiger partial charge is 0.378 e. The Labute approximate surface area is 116 Å². The van der Waals surface area contributed by atoms with Gasteiger partial charge in [-0.2, -0.15) is 0 Å². The molecule has 19 heavy (non-hydrogen) atoms. The topological polar surface area (TPSA) is 50.3 Å². The maximum atomic E-state index is 5.41. The molecule has 0 atom stereocenters. The van der Waals surface area contributed by atoms with Gasteiger partial charge in [-0.25, -0.2) is 9.97 Å². The third-order valence-electron chi connectivity index (χ3n) is 3.20. The molecule has 1 fully saturated rings. The third kappa shape index (κ3) is 2.56. The number of hydrogen-bond acceptors (Lipinski definition) is 6. The van der Waals surface area contributed by atoms with Crippen molar-refractivity contribution in [2.45, 2.75) is 13.5 Å². The normalized spacial score (nSPS) is 16.2. The molecule has 2 aromatic rings. The van der Waals surface area contributed by atoms with E-state index in [1.807, 2.05) is 14.0 Å². The average Bonchev–Trinajstić information content (AvgIpc) is 2.81. The first-order valence-electron chi connectivity index (χ1n) is 6.52. The Morgan fingerprint density at radius 1 is 1.37 bits per heavy atom. The highest BCUT2D eigenvalue weighted by Crippen LogP contribution is 2.31. The first-order chi connectivity index (χ1) is 9.28. The second kappa shape index (κ2) is 5.40. The summed E-state index contributed by atoms with van der Waals surface area (Å²) >= 11 is 1.74. The molecule has 0 spiro atoms. The maximum absolute atomic E-state index is 5.41. The van der Waals surface area contributed by atoms with Crippen LogP contribution in [0.5, 0.6) is 0 Å². The Bertz CT molecular complexity index is 577. The quantitative estimate of drug-likeness (QED) is 0.923. The van der Waals surface area contributed by atoms with Gasteiger partial charge in [-0.05, 0) is 20.0 Å². The molecule has 1 aliphatic rings. The van der Waals surface area contributed by atoms with Crippen molar-refractivity contribution in [3.05, 3.63) is 16.8 Å².